The second kappa shape index (κ2) is 5.29. The van der Waals surface area contributed by atoms with Crippen LogP contribution in [0.25, 0.3) is 10.9 Å². The molecule has 1 aromatic heterocycles. The summed E-state index contributed by atoms with van der Waals surface area (Å²) < 4.78 is 27.5. The SMILES string of the molecule is O=[N+]([O-])c1cnc2ccc(Cl)cc2c1NC1CNCC1(F)F. The highest BCUT2D eigenvalue weighted by Crippen LogP contribution is 2.36. The van der Waals surface area contributed by atoms with Gasteiger partial charge in [0.05, 0.1) is 17.0 Å². The number of fused-ring (bicyclic) bond motifs is 1. The molecule has 1 unspecified atom stereocenters. The predicted molar refractivity (Wildman–Crippen MR) is 78.6 cm³/mol. The van der Waals surface area contributed by atoms with Crippen LogP contribution in [0, 0.1) is 10.1 Å². The highest BCUT2D eigenvalue weighted by atomic mass is 35.5. The van der Waals surface area contributed by atoms with E-state index in [0.29, 0.717) is 15.9 Å². The Labute approximate surface area is 128 Å². The number of hydrogen-bond acceptors (Lipinski definition) is 5. The number of nitrogens with one attached hydrogen (secondary N) is 2. The summed E-state index contributed by atoms with van der Waals surface area (Å²) in [4.78, 5) is 14.5. The number of halogens is 3. The number of alkyl halides is 2. The summed E-state index contributed by atoms with van der Waals surface area (Å²) in [6.45, 7) is -0.462. The van der Waals surface area contributed by atoms with Crippen molar-refractivity contribution >= 4 is 33.9 Å². The minimum atomic E-state index is -3.00. The van der Waals surface area contributed by atoms with E-state index in [1.54, 1.807) is 12.1 Å². The van der Waals surface area contributed by atoms with Crippen molar-refractivity contribution in [3.8, 4) is 0 Å². The third kappa shape index (κ3) is 2.55. The van der Waals surface area contributed by atoms with E-state index in [4.69, 9.17) is 11.6 Å². The first kappa shape index (κ1) is 14.9. The summed E-state index contributed by atoms with van der Waals surface area (Å²) in [5.41, 5.74) is 0.0788. The lowest BCUT2D eigenvalue weighted by atomic mass is 10.1. The van der Waals surface area contributed by atoms with E-state index in [-0.39, 0.29) is 17.9 Å². The molecule has 1 saturated heterocycles. The van der Waals surface area contributed by atoms with Gasteiger partial charge in [-0.3, -0.25) is 10.1 Å². The predicted octanol–water partition coefficient (Wildman–Crippen LogP) is 2.82. The molecule has 1 fully saturated rings. The molecule has 9 heteroatoms. The van der Waals surface area contributed by atoms with Crippen LogP contribution in [0.3, 0.4) is 0 Å². The zero-order valence-corrected chi connectivity index (χ0v) is 11.9. The van der Waals surface area contributed by atoms with E-state index < -0.39 is 23.4 Å². The van der Waals surface area contributed by atoms with Gasteiger partial charge >= 0.3 is 5.69 Å². The molecule has 1 aliphatic rings. The van der Waals surface area contributed by atoms with Crippen molar-refractivity contribution in [2.45, 2.75) is 12.0 Å². The molecule has 0 radical (unpaired) electrons. The second-order valence-corrected chi connectivity index (χ2v) is 5.46. The van der Waals surface area contributed by atoms with Gasteiger partial charge < -0.3 is 10.6 Å². The van der Waals surface area contributed by atoms with Crippen molar-refractivity contribution < 1.29 is 13.7 Å². The highest BCUT2D eigenvalue weighted by molar-refractivity contribution is 6.31. The fourth-order valence-corrected chi connectivity index (χ4v) is 2.60. The van der Waals surface area contributed by atoms with Gasteiger partial charge in [-0.1, -0.05) is 11.6 Å². The lowest BCUT2D eigenvalue weighted by molar-refractivity contribution is -0.384. The van der Waals surface area contributed by atoms with Gasteiger partial charge in [-0.05, 0) is 18.2 Å². The van der Waals surface area contributed by atoms with Crippen LogP contribution in [0.15, 0.2) is 24.4 Å². The number of benzene rings is 1. The van der Waals surface area contributed by atoms with Crippen molar-refractivity contribution in [3.63, 3.8) is 0 Å². The Morgan fingerprint density at radius 2 is 2.27 bits per heavy atom. The molecular weight excluding hydrogens is 318 g/mol. The fourth-order valence-electron chi connectivity index (χ4n) is 2.43. The van der Waals surface area contributed by atoms with Crippen molar-refractivity contribution in [1.29, 1.82) is 0 Å². The summed E-state index contributed by atoms with van der Waals surface area (Å²) in [6, 6.07) is 3.39. The lowest BCUT2D eigenvalue weighted by Crippen LogP contribution is -2.38. The molecule has 0 amide bonds. The van der Waals surface area contributed by atoms with Gasteiger partial charge in [0, 0.05) is 17.0 Å². The molecule has 1 aromatic carbocycles. The van der Waals surface area contributed by atoms with Crippen LogP contribution in [0.2, 0.25) is 5.02 Å². The van der Waals surface area contributed by atoms with Crippen LogP contribution in [0.4, 0.5) is 20.2 Å². The standard InChI is InChI=1S/C13H11ClF2N4O2/c14-7-1-2-9-8(3-7)12(10(4-18-9)20(21)22)19-11-5-17-6-13(11,15)16/h1-4,11,17H,5-6H2,(H,18,19). The molecule has 2 N–H and O–H groups in total. The lowest BCUT2D eigenvalue weighted by Gasteiger charge is -2.21. The van der Waals surface area contributed by atoms with Crippen LogP contribution in [0.5, 0.6) is 0 Å². The number of nitro groups is 1. The monoisotopic (exact) mass is 328 g/mol. The van der Waals surface area contributed by atoms with E-state index in [2.05, 4.69) is 15.6 Å². The molecule has 3 rings (SSSR count). The Kier molecular flexibility index (Phi) is 3.57. The van der Waals surface area contributed by atoms with E-state index in [1.165, 1.54) is 6.07 Å². The smallest absolute Gasteiger partial charge is 0.311 e. The average molecular weight is 329 g/mol. The molecule has 0 saturated carbocycles. The quantitative estimate of drug-likeness (QED) is 0.669. The van der Waals surface area contributed by atoms with Gasteiger partial charge in [-0.25, -0.2) is 13.8 Å². The third-order valence-electron chi connectivity index (χ3n) is 3.54. The van der Waals surface area contributed by atoms with Crippen LogP contribution < -0.4 is 10.6 Å². The molecule has 1 atom stereocenters. The maximum Gasteiger partial charge on any atom is 0.311 e. The van der Waals surface area contributed by atoms with Gasteiger partial charge in [0.15, 0.2) is 0 Å². The molecule has 116 valence electrons. The largest absolute Gasteiger partial charge is 0.369 e. The van der Waals surface area contributed by atoms with Crippen molar-refractivity contribution in [3.05, 3.63) is 39.5 Å². The Bertz CT molecular complexity index is 756. The summed E-state index contributed by atoms with van der Waals surface area (Å²) in [6.07, 6.45) is 1.05. The van der Waals surface area contributed by atoms with Crippen LogP contribution in [0.1, 0.15) is 0 Å². The number of aromatic nitrogens is 1. The van der Waals surface area contributed by atoms with Gasteiger partial charge in [0.1, 0.15) is 17.9 Å². The summed E-state index contributed by atoms with van der Waals surface area (Å²) in [5, 5.41) is 17.0. The number of nitrogens with zero attached hydrogens (tertiary/aromatic N) is 2. The zero-order valence-electron chi connectivity index (χ0n) is 11.1. The topological polar surface area (TPSA) is 80.1 Å². The van der Waals surface area contributed by atoms with E-state index in [9.17, 15) is 18.9 Å². The van der Waals surface area contributed by atoms with E-state index in [0.717, 1.165) is 6.20 Å². The first-order valence-corrected chi connectivity index (χ1v) is 6.84. The third-order valence-corrected chi connectivity index (χ3v) is 3.78. The Balaban J connectivity index is 2.14. The highest BCUT2D eigenvalue weighted by Gasteiger charge is 2.44. The molecule has 6 nitrogen and oxygen atoms in total. The summed E-state index contributed by atoms with van der Waals surface area (Å²) >= 11 is 5.91. The molecular formula is C13H11ClF2N4O2. The Morgan fingerprint density at radius 3 is 2.91 bits per heavy atom. The molecule has 22 heavy (non-hydrogen) atoms. The number of anilines is 1. The number of hydrogen-bond donors (Lipinski definition) is 2. The molecule has 1 aliphatic heterocycles. The van der Waals surface area contributed by atoms with Crippen molar-refractivity contribution in [1.82, 2.24) is 10.3 Å². The van der Waals surface area contributed by atoms with Crippen molar-refractivity contribution in [2.75, 3.05) is 18.4 Å². The van der Waals surface area contributed by atoms with Gasteiger partial charge in [0.25, 0.3) is 5.92 Å². The summed E-state index contributed by atoms with van der Waals surface area (Å²) in [5.74, 6) is -3.00. The van der Waals surface area contributed by atoms with Crippen LogP contribution in [-0.4, -0.2) is 35.0 Å². The van der Waals surface area contributed by atoms with E-state index >= 15 is 0 Å². The van der Waals surface area contributed by atoms with Gasteiger partial charge in [0.2, 0.25) is 0 Å². The Morgan fingerprint density at radius 1 is 1.50 bits per heavy atom. The average Bonchev–Trinajstić information content (AvgIpc) is 2.78. The molecule has 2 aromatic rings. The molecule has 2 heterocycles. The van der Waals surface area contributed by atoms with Crippen LogP contribution in [-0.2, 0) is 0 Å². The van der Waals surface area contributed by atoms with E-state index in [1.807, 2.05) is 0 Å². The maximum atomic E-state index is 13.8. The van der Waals surface area contributed by atoms with Crippen LogP contribution >= 0.6 is 11.6 Å². The second-order valence-electron chi connectivity index (χ2n) is 5.03. The first-order valence-electron chi connectivity index (χ1n) is 6.46. The first-order chi connectivity index (χ1) is 10.4. The Hall–Kier alpha value is -2.06. The molecule has 0 spiro atoms. The molecule has 0 bridgehead atoms. The minimum absolute atomic E-state index is 0.00544. The fraction of sp³-hybridized carbons (Fsp3) is 0.308. The minimum Gasteiger partial charge on any atom is -0.369 e. The molecule has 0 aliphatic carbocycles. The maximum absolute atomic E-state index is 13.8. The number of rotatable bonds is 3. The number of pyridine rings is 1. The summed E-state index contributed by atoms with van der Waals surface area (Å²) in [7, 11) is 0. The van der Waals surface area contributed by atoms with Gasteiger partial charge in [-0.15, -0.1) is 0 Å². The van der Waals surface area contributed by atoms with Crippen molar-refractivity contribution in [2.24, 2.45) is 0 Å². The normalized spacial score (nSPS) is 20.2. The zero-order chi connectivity index (χ0) is 15.9. The van der Waals surface area contributed by atoms with Gasteiger partial charge in [-0.2, -0.15) is 0 Å².